The summed E-state index contributed by atoms with van der Waals surface area (Å²) in [5.41, 5.74) is 2.83. The quantitative estimate of drug-likeness (QED) is 0.538. The van der Waals surface area contributed by atoms with E-state index in [-0.39, 0.29) is 0 Å². The fourth-order valence-electron chi connectivity index (χ4n) is 4.48. The van der Waals surface area contributed by atoms with E-state index in [2.05, 4.69) is 50.8 Å². The van der Waals surface area contributed by atoms with Crippen molar-refractivity contribution in [2.75, 3.05) is 37.7 Å². The molecule has 2 aliphatic heterocycles. The Balaban J connectivity index is 1.43. The summed E-state index contributed by atoms with van der Waals surface area (Å²) in [6.45, 7) is 6.41. The number of rotatable bonds is 3. The number of anilines is 1. The lowest BCUT2D eigenvalue weighted by Gasteiger charge is -2.29. The Hall–Kier alpha value is -2.62. The first-order valence-electron chi connectivity index (χ1n) is 10.1. The Morgan fingerprint density at radius 2 is 2.00 bits per heavy atom. The van der Waals surface area contributed by atoms with Crippen LogP contribution in [-0.2, 0) is 24.2 Å². The minimum Gasteiger partial charge on any atom is -0.378 e. The molecule has 0 radical (unpaired) electrons. The number of tetrazole rings is 1. The van der Waals surface area contributed by atoms with Gasteiger partial charge in [-0.05, 0) is 16.0 Å². The molecule has 3 aromatic heterocycles. The second-order valence-electron chi connectivity index (χ2n) is 7.70. The molecule has 2 aliphatic rings. The second-order valence-corrected chi connectivity index (χ2v) is 8.78. The van der Waals surface area contributed by atoms with E-state index in [1.54, 1.807) is 9.42 Å². The Labute approximate surface area is 171 Å². The number of nitrogens with one attached hydrogen (secondary N) is 1. The molecule has 0 amide bonds. The first kappa shape index (κ1) is 17.3. The van der Waals surface area contributed by atoms with Crippen LogP contribution in [0, 0.1) is 0 Å². The molecule has 1 N–H and O–H groups in total. The smallest absolute Gasteiger partial charge is 0.276 e. The number of nitrogens with zero attached hydrogens (tertiary/aromatic N) is 6. The van der Waals surface area contributed by atoms with Crippen LogP contribution in [0.5, 0.6) is 0 Å². The van der Waals surface area contributed by atoms with Crippen molar-refractivity contribution in [1.82, 2.24) is 25.0 Å². The van der Waals surface area contributed by atoms with E-state index < -0.39 is 0 Å². The highest BCUT2D eigenvalue weighted by molar-refractivity contribution is 7.19. The number of aromatic nitrogens is 5. The number of ether oxygens (including phenoxy) is 1. The molecule has 0 aliphatic carbocycles. The zero-order valence-corrected chi connectivity index (χ0v) is 16.9. The SMILES string of the molecule is c1ccc(C[NH+]2CCc3c(sc4c3c(N3CCOCC3)nc3nnnn34)C2)cc1. The summed E-state index contributed by atoms with van der Waals surface area (Å²) in [5.74, 6) is 1.60. The van der Waals surface area contributed by atoms with E-state index >= 15 is 0 Å². The van der Waals surface area contributed by atoms with Crippen molar-refractivity contribution in [2.45, 2.75) is 19.5 Å². The first-order valence-corrected chi connectivity index (χ1v) is 10.9. The second kappa shape index (κ2) is 7.01. The van der Waals surface area contributed by atoms with E-state index in [0.29, 0.717) is 5.78 Å². The normalized spacial score (nSPS) is 19.7. The molecule has 29 heavy (non-hydrogen) atoms. The lowest BCUT2D eigenvalue weighted by Crippen LogP contribution is -3.10. The maximum Gasteiger partial charge on any atom is 0.276 e. The molecular weight excluding hydrogens is 386 g/mol. The molecule has 4 aromatic rings. The zero-order valence-electron chi connectivity index (χ0n) is 16.0. The van der Waals surface area contributed by atoms with Gasteiger partial charge >= 0.3 is 0 Å². The van der Waals surface area contributed by atoms with Gasteiger partial charge in [0.1, 0.15) is 23.7 Å². The lowest BCUT2D eigenvalue weighted by molar-refractivity contribution is -0.929. The summed E-state index contributed by atoms with van der Waals surface area (Å²) >= 11 is 1.83. The molecule has 1 fully saturated rings. The highest BCUT2D eigenvalue weighted by Gasteiger charge is 2.29. The molecule has 9 heteroatoms. The van der Waals surface area contributed by atoms with E-state index in [4.69, 9.17) is 9.72 Å². The maximum absolute atomic E-state index is 5.55. The standard InChI is InChI=1S/C20H21N7OS/c1-2-4-14(5-3-1)12-25-7-6-15-16(13-25)29-19-17(15)18(26-8-10-28-11-9-26)21-20-22-23-24-27(19)20/h1-5H,6-13H2/p+1. The maximum atomic E-state index is 5.55. The molecule has 8 nitrogen and oxygen atoms in total. The fraction of sp³-hybridized carbons (Fsp3) is 0.400. The van der Waals surface area contributed by atoms with Crippen LogP contribution in [0.25, 0.3) is 16.0 Å². The van der Waals surface area contributed by atoms with Crippen molar-refractivity contribution < 1.29 is 9.64 Å². The molecule has 6 rings (SSSR count). The van der Waals surface area contributed by atoms with E-state index in [0.717, 1.165) is 63.0 Å². The third-order valence-corrected chi connectivity index (χ3v) is 7.10. The molecule has 0 bridgehead atoms. The van der Waals surface area contributed by atoms with Crippen molar-refractivity contribution in [3.63, 3.8) is 0 Å². The van der Waals surface area contributed by atoms with Crippen LogP contribution in [0.2, 0.25) is 0 Å². The van der Waals surface area contributed by atoms with Crippen LogP contribution >= 0.6 is 11.3 Å². The lowest BCUT2D eigenvalue weighted by atomic mass is 10.0. The average molecular weight is 409 g/mol. The minimum absolute atomic E-state index is 0.575. The van der Waals surface area contributed by atoms with Crippen molar-refractivity contribution in [2.24, 2.45) is 0 Å². The van der Waals surface area contributed by atoms with Gasteiger partial charge in [-0.3, -0.25) is 0 Å². The van der Waals surface area contributed by atoms with Crippen molar-refractivity contribution in [3.05, 3.63) is 46.3 Å². The van der Waals surface area contributed by atoms with Gasteiger partial charge < -0.3 is 14.5 Å². The zero-order chi connectivity index (χ0) is 19.2. The molecule has 1 unspecified atom stereocenters. The molecule has 0 saturated carbocycles. The van der Waals surface area contributed by atoms with E-state index in [1.165, 1.54) is 21.4 Å². The number of fused-ring (bicyclic) bond motifs is 5. The van der Waals surface area contributed by atoms with Crippen LogP contribution in [0.3, 0.4) is 0 Å². The van der Waals surface area contributed by atoms with Crippen molar-refractivity contribution in [1.29, 1.82) is 0 Å². The van der Waals surface area contributed by atoms with Gasteiger partial charge in [0, 0.05) is 25.1 Å². The topological polar surface area (TPSA) is 72.9 Å². The van der Waals surface area contributed by atoms with Crippen LogP contribution in [0.15, 0.2) is 30.3 Å². The van der Waals surface area contributed by atoms with Crippen molar-refractivity contribution in [3.8, 4) is 0 Å². The summed E-state index contributed by atoms with van der Waals surface area (Å²) in [5, 5.41) is 13.5. The highest BCUT2D eigenvalue weighted by Crippen LogP contribution is 2.38. The number of benzene rings is 1. The summed E-state index contributed by atoms with van der Waals surface area (Å²) in [7, 11) is 0. The largest absolute Gasteiger partial charge is 0.378 e. The van der Waals surface area contributed by atoms with Crippen LogP contribution in [0.4, 0.5) is 5.82 Å². The summed E-state index contributed by atoms with van der Waals surface area (Å²) in [6.07, 6.45) is 1.06. The number of quaternary nitrogens is 1. The Bertz CT molecular complexity index is 1170. The van der Waals surface area contributed by atoms with Gasteiger partial charge in [0.2, 0.25) is 0 Å². The van der Waals surface area contributed by atoms with Crippen LogP contribution in [0.1, 0.15) is 16.0 Å². The van der Waals surface area contributed by atoms with Gasteiger partial charge in [-0.25, -0.2) is 0 Å². The molecule has 0 spiro atoms. The Morgan fingerprint density at radius 1 is 1.14 bits per heavy atom. The third kappa shape index (κ3) is 2.97. The van der Waals surface area contributed by atoms with E-state index in [9.17, 15) is 0 Å². The predicted octanol–water partition coefficient (Wildman–Crippen LogP) is 0.712. The summed E-state index contributed by atoms with van der Waals surface area (Å²) < 4.78 is 7.36. The number of morpholine rings is 1. The highest BCUT2D eigenvalue weighted by atomic mass is 32.1. The molecule has 1 saturated heterocycles. The van der Waals surface area contributed by atoms with Crippen molar-refractivity contribution >= 4 is 33.1 Å². The van der Waals surface area contributed by atoms with Crippen LogP contribution < -0.4 is 9.80 Å². The van der Waals surface area contributed by atoms with E-state index in [1.807, 2.05) is 11.3 Å². The molecular formula is C20H22N7OS+. The number of hydrogen-bond acceptors (Lipinski definition) is 7. The van der Waals surface area contributed by atoms with Gasteiger partial charge in [0.15, 0.2) is 0 Å². The van der Waals surface area contributed by atoms with Gasteiger partial charge in [0.05, 0.1) is 30.0 Å². The Kier molecular flexibility index (Phi) is 4.17. The van der Waals surface area contributed by atoms with Gasteiger partial charge in [0.25, 0.3) is 5.78 Å². The number of hydrogen-bond donors (Lipinski definition) is 1. The molecule has 1 aromatic carbocycles. The summed E-state index contributed by atoms with van der Waals surface area (Å²) in [4.78, 5) is 11.3. The Morgan fingerprint density at radius 3 is 2.86 bits per heavy atom. The summed E-state index contributed by atoms with van der Waals surface area (Å²) in [6, 6.07) is 10.8. The average Bonchev–Trinajstić information content (AvgIpc) is 3.38. The predicted molar refractivity (Wildman–Crippen MR) is 110 cm³/mol. The molecule has 5 heterocycles. The van der Waals surface area contributed by atoms with Crippen LogP contribution in [-0.4, -0.2) is 57.9 Å². The minimum atomic E-state index is 0.575. The first-order chi connectivity index (χ1) is 14.4. The van der Waals surface area contributed by atoms with Gasteiger partial charge in [-0.2, -0.15) is 9.50 Å². The monoisotopic (exact) mass is 408 g/mol. The van der Waals surface area contributed by atoms with Gasteiger partial charge in [-0.1, -0.05) is 35.4 Å². The third-order valence-electron chi connectivity index (χ3n) is 5.89. The van der Waals surface area contributed by atoms with Gasteiger partial charge in [-0.15, -0.1) is 11.3 Å². The number of thiophene rings is 1. The fourth-order valence-corrected chi connectivity index (χ4v) is 5.83. The molecule has 148 valence electrons. The molecule has 1 atom stereocenters.